The van der Waals surface area contributed by atoms with Crippen LogP contribution in [0.1, 0.15) is 10.4 Å². The van der Waals surface area contributed by atoms with E-state index in [4.69, 9.17) is 9.47 Å². The van der Waals surface area contributed by atoms with Gasteiger partial charge in [0.25, 0.3) is 5.91 Å². The molecule has 1 heterocycles. The number of carbonyl (C=O) groups is 1. The number of thiazole rings is 1. The second-order valence-electron chi connectivity index (χ2n) is 6.98. The highest BCUT2D eigenvalue weighted by molar-refractivity contribution is 9.10. The van der Waals surface area contributed by atoms with Crippen LogP contribution in [-0.4, -0.2) is 24.7 Å². The molecule has 0 spiro atoms. The van der Waals surface area contributed by atoms with Crippen molar-refractivity contribution >= 4 is 33.2 Å². The summed E-state index contributed by atoms with van der Waals surface area (Å²) in [5.74, 6) is 1.14. The van der Waals surface area contributed by atoms with Crippen LogP contribution in [0.15, 0.2) is 82.3 Å². The predicted octanol–water partition coefficient (Wildman–Crippen LogP) is 5.94. The van der Waals surface area contributed by atoms with Crippen LogP contribution < -0.4 is 14.3 Å². The quantitative estimate of drug-likeness (QED) is 0.335. The summed E-state index contributed by atoms with van der Waals surface area (Å²) in [6.07, 6.45) is 0. The Hall–Kier alpha value is -3.16. The largest absolute Gasteiger partial charge is 0.497 e. The lowest BCUT2D eigenvalue weighted by atomic mass is 10.1. The molecular weight excluding hydrogens is 488 g/mol. The Morgan fingerprint density at radius 2 is 1.66 bits per heavy atom. The fourth-order valence-corrected chi connectivity index (χ4v) is 5.05. The van der Waals surface area contributed by atoms with Gasteiger partial charge in [0, 0.05) is 12.6 Å². The van der Waals surface area contributed by atoms with Crippen LogP contribution >= 0.6 is 27.3 Å². The van der Waals surface area contributed by atoms with E-state index in [2.05, 4.69) is 33.1 Å². The standard InChI is InChI=1S/C25H21BrN2O3S/c1-28-22(16-9-12-19(30-2)13-10-16)23(17-7-5-4-6-8-17)32-25(28)27-24(29)18-11-14-21(31-3)20(26)15-18/h4-15H,1-3H3. The fourth-order valence-electron chi connectivity index (χ4n) is 3.36. The van der Waals surface area contributed by atoms with Crippen molar-refractivity contribution in [3.63, 3.8) is 0 Å². The second-order valence-corrected chi connectivity index (χ2v) is 8.81. The van der Waals surface area contributed by atoms with Crippen LogP contribution in [-0.2, 0) is 7.05 Å². The van der Waals surface area contributed by atoms with Crippen LogP contribution in [0.5, 0.6) is 11.5 Å². The Morgan fingerprint density at radius 1 is 0.938 bits per heavy atom. The molecule has 0 unspecified atom stereocenters. The maximum Gasteiger partial charge on any atom is 0.279 e. The molecule has 4 rings (SSSR count). The summed E-state index contributed by atoms with van der Waals surface area (Å²) in [4.78, 5) is 19.1. The van der Waals surface area contributed by atoms with Crippen molar-refractivity contribution in [2.45, 2.75) is 0 Å². The number of nitrogens with zero attached hydrogens (tertiary/aromatic N) is 2. The third-order valence-corrected chi connectivity index (χ3v) is 6.83. The van der Waals surface area contributed by atoms with E-state index in [0.717, 1.165) is 27.4 Å². The van der Waals surface area contributed by atoms with Crippen molar-refractivity contribution in [1.29, 1.82) is 0 Å². The van der Waals surface area contributed by atoms with Gasteiger partial charge < -0.3 is 14.0 Å². The number of ether oxygens (including phenoxy) is 2. The molecule has 0 aliphatic carbocycles. The number of hydrogen-bond acceptors (Lipinski definition) is 4. The van der Waals surface area contributed by atoms with E-state index in [1.54, 1.807) is 32.4 Å². The minimum absolute atomic E-state index is 0.314. The smallest absolute Gasteiger partial charge is 0.279 e. The number of rotatable bonds is 5. The van der Waals surface area contributed by atoms with Gasteiger partial charge in [0.1, 0.15) is 11.5 Å². The molecule has 7 heteroatoms. The molecule has 0 bridgehead atoms. The third kappa shape index (κ3) is 4.40. The molecule has 162 valence electrons. The lowest BCUT2D eigenvalue weighted by molar-refractivity contribution is 0.0998. The van der Waals surface area contributed by atoms with E-state index in [1.165, 1.54) is 11.3 Å². The molecule has 32 heavy (non-hydrogen) atoms. The van der Waals surface area contributed by atoms with Gasteiger partial charge in [-0.05, 0) is 69.5 Å². The summed E-state index contributed by atoms with van der Waals surface area (Å²) >= 11 is 4.92. The zero-order valence-corrected chi connectivity index (χ0v) is 20.2. The average molecular weight is 509 g/mol. The van der Waals surface area contributed by atoms with Crippen LogP contribution in [0, 0.1) is 0 Å². The van der Waals surface area contributed by atoms with Gasteiger partial charge >= 0.3 is 0 Å². The molecule has 0 saturated carbocycles. The fraction of sp³-hybridized carbons (Fsp3) is 0.120. The Bertz CT molecular complexity index is 1330. The molecular formula is C25H21BrN2O3S. The molecule has 5 nitrogen and oxygen atoms in total. The lowest BCUT2D eigenvalue weighted by Crippen LogP contribution is -2.14. The minimum atomic E-state index is -0.314. The molecule has 0 aliphatic rings. The highest BCUT2D eigenvalue weighted by atomic mass is 79.9. The van der Waals surface area contributed by atoms with Crippen molar-refractivity contribution < 1.29 is 14.3 Å². The molecule has 0 radical (unpaired) electrons. The number of benzene rings is 3. The van der Waals surface area contributed by atoms with E-state index < -0.39 is 0 Å². The monoisotopic (exact) mass is 508 g/mol. The Kier molecular flexibility index (Phi) is 6.58. The van der Waals surface area contributed by atoms with E-state index in [9.17, 15) is 4.79 Å². The molecule has 0 atom stereocenters. The first-order chi connectivity index (χ1) is 15.5. The van der Waals surface area contributed by atoms with Crippen molar-refractivity contribution in [2.75, 3.05) is 14.2 Å². The molecule has 1 amide bonds. The molecule has 0 fully saturated rings. The number of hydrogen-bond donors (Lipinski definition) is 0. The number of carbonyl (C=O) groups excluding carboxylic acids is 1. The lowest BCUT2D eigenvalue weighted by Gasteiger charge is -2.08. The second kappa shape index (κ2) is 9.54. The van der Waals surface area contributed by atoms with Gasteiger partial charge in [-0.25, -0.2) is 0 Å². The van der Waals surface area contributed by atoms with Crippen LogP contribution in [0.4, 0.5) is 0 Å². The van der Waals surface area contributed by atoms with Crippen LogP contribution in [0.2, 0.25) is 0 Å². The van der Waals surface area contributed by atoms with E-state index in [1.807, 2.05) is 54.1 Å². The van der Waals surface area contributed by atoms with Crippen molar-refractivity contribution in [3.05, 3.63) is 87.6 Å². The summed E-state index contributed by atoms with van der Waals surface area (Å²) in [6.45, 7) is 0. The molecule has 0 N–H and O–H groups in total. The highest BCUT2D eigenvalue weighted by Gasteiger charge is 2.17. The van der Waals surface area contributed by atoms with Crippen LogP contribution in [0.25, 0.3) is 21.7 Å². The Morgan fingerprint density at radius 3 is 2.28 bits per heavy atom. The summed E-state index contributed by atoms with van der Waals surface area (Å²) in [7, 11) is 5.16. The Labute approximate surface area is 198 Å². The molecule has 0 saturated heterocycles. The SMILES string of the molecule is COc1ccc(-c2c(-c3ccccc3)sc(=NC(=O)c3ccc(OC)c(Br)c3)n2C)cc1. The topological polar surface area (TPSA) is 52.8 Å². The first kappa shape index (κ1) is 22.0. The average Bonchev–Trinajstić information content (AvgIpc) is 3.15. The van der Waals surface area contributed by atoms with E-state index >= 15 is 0 Å². The summed E-state index contributed by atoms with van der Waals surface area (Å²) in [6, 6.07) is 23.2. The van der Waals surface area contributed by atoms with Gasteiger partial charge in [0.2, 0.25) is 0 Å². The van der Waals surface area contributed by atoms with E-state index in [0.29, 0.717) is 20.6 Å². The summed E-state index contributed by atoms with van der Waals surface area (Å²) < 4.78 is 13.2. The maximum absolute atomic E-state index is 12.9. The Balaban J connectivity index is 1.85. The first-order valence-electron chi connectivity index (χ1n) is 9.84. The van der Waals surface area contributed by atoms with Crippen molar-refractivity contribution in [2.24, 2.45) is 12.0 Å². The number of halogens is 1. The summed E-state index contributed by atoms with van der Waals surface area (Å²) in [5, 5.41) is 0. The van der Waals surface area contributed by atoms with Gasteiger partial charge in [0.05, 0.1) is 29.3 Å². The molecule has 3 aromatic carbocycles. The minimum Gasteiger partial charge on any atom is -0.497 e. The third-order valence-electron chi connectivity index (χ3n) is 5.03. The van der Waals surface area contributed by atoms with Gasteiger partial charge in [-0.3, -0.25) is 4.79 Å². The van der Waals surface area contributed by atoms with Gasteiger partial charge in [-0.2, -0.15) is 4.99 Å². The molecule has 0 aliphatic heterocycles. The van der Waals surface area contributed by atoms with Crippen molar-refractivity contribution in [1.82, 2.24) is 4.57 Å². The number of methoxy groups -OCH3 is 2. The zero-order chi connectivity index (χ0) is 22.7. The normalized spacial score (nSPS) is 11.4. The van der Waals surface area contributed by atoms with Gasteiger partial charge in [0.15, 0.2) is 4.80 Å². The first-order valence-corrected chi connectivity index (χ1v) is 11.4. The highest BCUT2D eigenvalue weighted by Crippen LogP contribution is 2.35. The zero-order valence-electron chi connectivity index (χ0n) is 17.8. The predicted molar refractivity (Wildman–Crippen MR) is 131 cm³/mol. The maximum atomic E-state index is 12.9. The molecule has 4 aromatic rings. The van der Waals surface area contributed by atoms with Gasteiger partial charge in [-0.1, -0.05) is 41.7 Å². The van der Waals surface area contributed by atoms with Crippen LogP contribution in [0.3, 0.4) is 0 Å². The number of amides is 1. The van der Waals surface area contributed by atoms with Gasteiger partial charge in [-0.15, -0.1) is 0 Å². The molecule has 1 aromatic heterocycles. The van der Waals surface area contributed by atoms with E-state index in [-0.39, 0.29) is 5.91 Å². The van der Waals surface area contributed by atoms with Crippen molar-refractivity contribution in [3.8, 4) is 33.2 Å². The number of aromatic nitrogens is 1. The summed E-state index contributed by atoms with van der Waals surface area (Å²) in [5.41, 5.74) is 3.56.